The van der Waals surface area contributed by atoms with Crippen LogP contribution in [0.4, 0.5) is 0 Å². The highest BCUT2D eigenvalue weighted by atomic mass is 28.3. The summed E-state index contributed by atoms with van der Waals surface area (Å²) < 4.78 is 0. The average molecular weight is 156 g/mol. The highest BCUT2D eigenvalue weighted by molar-refractivity contribution is 6.76. The lowest BCUT2D eigenvalue weighted by Gasteiger charge is -2.16. The van der Waals surface area contributed by atoms with E-state index in [-0.39, 0.29) is 0 Å². The molecular formula is C9H20Si. The van der Waals surface area contributed by atoms with Crippen LogP contribution in [0.15, 0.2) is 12.2 Å². The maximum Gasteiger partial charge on any atom is 0.0483 e. The topological polar surface area (TPSA) is 0 Å². The van der Waals surface area contributed by atoms with Crippen molar-refractivity contribution in [2.45, 2.75) is 45.5 Å². The minimum Gasteiger partial charge on any atom is -0.100 e. The van der Waals surface area contributed by atoms with Crippen molar-refractivity contribution in [3.05, 3.63) is 12.2 Å². The van der Waals surface area contributed by atoms with E-state index in [9.17, 15) is 0 Å². The molecule has 0 aromatic carbocycles. The minimum absolute atomic E-state index is 0.857. The fourth-order valence-electron chi connectivity index (χ4n) is 1.19. The first-order chi connectivity index (χ1) is 4.45. The lowest BCUT2D eigenvalue weighted by atomic mass is 10.2. The van der Waals surface area contributed by atoms with Crippen molar-refractivity contribution in [1.29, 1.82) is 0 Å². The molecule has 0 N–H and O–H groups in total. The van der Waals surface area contributed by atoms with E-state index in [4.69, 9.17) is 0 Å². The van der Waals surface area contributed by atoms with Crippen molar-refractivity contribution in [2.24, 2.45) is 0 Å². The van der Waals surface area contributed by atoms with E-state index in [0.29, 0.717) is 0 Å². The van der Waals surface area contributed by atoms with Gasteiger partial charge in [-0.05, 0) is 12.5 Å². The smallest absolute Gasteiger partial charge is 0.0483 e. The summed E-state index contributed by atoms with van der Waals surface area (Å²) in [4.78, 5) is 0. The van der Waals surface area contributed by atoms with Gasteiger partial charge in [-0.25, -0.2) is 0 Å². The molecule has 0 fully saturated rings. The van der Waals surface area contributed by atoms with E-state index in [1.807, 2.05) is 0 Å². The van der Waals surface area contributed by atoms with E-state index in [1.165, 1.54) is 24.5 Å². The normalized spacial score (nSPS) is 11.6. The van der Waals surface area contributed by atoms with Crippen molar-refractivity contribution < 1.29 is 0 Å². The van der Waals surface area contributed by atoms with Crippen molar-refractivity contribution in [3.8, 4) is 0 Å². The monoisotopic (exact) mass is 156 g/mol. The molecule has 0 bridgehead atoms. The van der Waals surface area contributed by atoms with Crippen LogP contribution in [0.1, 0.15) is 19.8 Å². The summed E-state index contributed by atoms with van der Waals surface area (Å²) in [5, 5.41) is 0. The van der Waals surface area contributed by atoms with E-state index in [0.717, 1.165) is 0 Å². The van der Waals surface area contributed by atoms with Crippen molar-refractivity contribution in [3.63, 3.8) is 0 Å². The molecule has 0 aliphatic carbocycles. The first-order valence-corrected chi connectivity index (χ1v) is 7.83. The van der Waals surface area contributed by atoms with Crippen molar-refractivity contribution in [2.75, 3.05) is 0 Å². The van der Waals surface area contributed by atoms with Gasteiger partial charge in [0.1, 0.15) is 0 Å². The standard InChI is InChI=1S/C9H20Si/c1-6-7-9(2)8-10(3,4)5/h2,6-8H2,1,3-5H3. The predicted octanol–water partition coefficient (Wildman–Crippen LogP) is 3.68. The molecular weight excluding hydrogens is 136 g/mol. The molecule has 60 valence electrons. The molecule has 0 radical (unpaired) electrons. The maximum absolute atomic E-state index is 4.06. The Kier molecular flexibility index (Phi) is 3.95. The number of rotatable bonds is 4. The van der Waals surface area contributed by atoms with Gasteiger partial charge in [0, 0.05) is 8.07 Å². The van der Waals surface area contributed by atoms with Gasteiger partial charge in [-0.2, -0.15) is 0 Å². The van der Waals surface area contributed by atoms with Gasteiger partial charge < -0.3 is 0 Å². The van der Waals surface area contributed by atoms with Crippen LogP contribution in [0.5, 0.6) is 0 Å². The number of hydrogen-bond donors (Lipinski definition) is 0. The summed E-state index contributed by atoms with van der Waals surface area (Å²) in [6.07, 6.45) is 2.48. The molecule has 0 aromatic heterocycles. The quantitative estimate of drug-likeness (QED) is 0.430. The molecule has 0 saturated heterocycles. The van der Waals surface area contributed by atoms with Gasteiger partial charge in [0.2, 0.25) is 0 Å². The zero-order chi connectivity index (χ0) is 8.20. The Hall–Kier alpha value is -0.0431. The second kappa shape index (κ2) is 3.97. The Bertz CT molecular complexity index is 108. The summed E-state index contributed by atoms with van der Waals surface area (Å²) in [5.41, 5.74) is 1.46. The molecule has 0 amide bonds. The molecule has 0 atom stereocenters. The third kappa shape index (κ3) is 6.08. The highest BCUT2D eigenvalue weighted by Crippen LogP contribution is 2.17. The summed E-state index contributed by atoms with van der Waals surface area (Å²) in [5.74, 6) is 0. The second-order valence-corrected chi connectivity index (χ2v) is 9.71. The van der Waals surface area contributed by atoms with Gasteiger partial charge in [-0.3, -0.25) is 0 Å². The Morgan fingerprint density at radius 2 is 1.80 bits per heavy atom. The molecule has 0 aromatic rings. The second-order valence-electron chi connectivity index (χ2n) is 4.24. The average Bonchev–Trinajstić information content (AvgIpc) is 1.59. The van der Waals surface area contributed by atoms with E-state index < -0.39 is 8.07 Å². The fourth-order valence-corrected chi connectivity index (χ4v) is 2.87. The summed E-state index contributed by atoms with van der Waals surface area (Å²) in [7, 11) is -0.857. The minimum atomic E-state index is -0.857. The Balaban J connectivity index is 3.58. The van der Waals surface area contributed by atoms with Gasteiger partial charge in [0.25, 0.3) is 0 Å². The largest absolute Gasteiger partial charge is 0.100 e. The molecule has 0 saturated carbocycles. The molecule has 0 aliphatic rings. The summed E-state index contributed by atoms with van der Waals surface area (Å²) in [6, 6.07) is 1.31. The number of allylic oxidation sites excluding steroid dienone is 1. The molecule has 0 nitrogen and oxygen atoms in total. The maximum atomic E-state index is 4.06. The Morgan fingerprint density at radius 3 is 2.10 bits per heavy atom. The fraction of sp³-hybridized carbons (Fsp3) is 0.778. The Morgan fingerprint density at radius 1 is 1.30 bits per heavy atom. The molecule has 0 spiro atoms. The summed E-state index contributed by atoms with van der Waals surface area (Å²) >= 11 is 0. The summed E-state index contributed by atoms with van der Waals surface area (Å²) in [6.45, 7) is 13.5. The van der Waals surface area contributed by atoms with Gasteiger partial charge in [0.15, 0.2) is 0 Å². The van der Waals surface area contributed by atoms with Crippen LogP contribution in [-0.2, 0) is 0 Å². The van der Waals surface area contributed by atoms with E-state index in [2.05, 4.69) is 33.1 Å². The van der Waals surface area contributed by atoms with Gasteiger partial charge in [-0.1, -0.05) is 38.6 Å². The molecule has 10 heavy (non-hydrogen) atoms. The van der Waals surface area contributed by atoms with Gasteiger partial charge in [-0.15, -0.1) is 6.58 Å². The first kappa shape index (κ1) is 9.96. The van der Waals surface area contributed by atoms with Crippen LogP contribution in [0, 0.1) is 0 Å². The lowest BCUT2D eigenvalue weighted by molar-refractivity contribution is 0.904. The van der Waals surface area contributed by atoms with Crippen molar-refractivity contribution >= 4 is 8.07 Å². The third-order valence-corrected chi connectivity index (χ3v) is 2.94. The van der Waals surface area contributed by atoms with Crippen molar-refractivity contribution in [1.82, 2.24) is 0 Å². The Labute approximate surface area is 66.4 Å². The van der Waals surface area contributed by atoms with Gasteiger partial charge in [0.05, 0.1) is 0 Å². The van der Waals surface area contributed by atoms with Crippen LogP contribution in [-0.4, -0.2) is 8.07 Å². The van der Waals surface area contributed by atoms with E-state index in [1.54, 1.807) is 0 Å². The lowest BCUT2D eigenvalue weighted by Crippen LogP contribution is -2.19. The zero-order valence-corrected chi connectivity index (χ0v) is 8.83. The molecule has 0 aliphatic heterocycles. The molecule has 0 unspecified atom stereocenters. The SMILES string of the molecule is C=C(CCC)C[Si](C)(C)C. The van der Waals surface area contributed by atoms with Gasteiger partial charge >= 0.3 is 0 Å². The molecule has 1 heteroatoms. The number of hydrogen-bond acceptors (Lipinski definition) is 0. The molecule has 0 heterocycles. The van der Waals surface area contributed by atoms with Crippen LogP contribution < -0.4 is 0 Å². The first-order valence-electron chi connectivity index (χ1n) is 4.12. The van der Waals surface area contributed by atoms with Crippen LogP contribution in [0.3, 0.4) is 0 Å². The highest BCUT2D eigenvalue weighted by Gasteiger charge is 2.13. The molecule has 0 rings (SSSR count). The van der Waals surface area contributed by atoms with Crippen LogP contribution in [0.25, 0.3) is 0 Å². The predicted molar refractivity (Wildman–Crippen MR) is 52.2 cm³/mol. The van der Waals surface area contributed by atoms with Crippen LogP contribution >= 0.6 is 0 Å². The zero-order valence-electron chi connectivity index (χ0n) is 7.83. The van der Waals surface area contributed by atoms with Crippen LogP contribution in [0.2, 0.25) is 25.7 Å². The van der Waals surface area contributed by atoms with E-state index >= 15 is 0 Å². The third-order valence-electron chi connectivity index (χ3n) is 1.38.